The fourth-order valence-corrected chi connectivity index (χ4v) is 9.82. The number of rotatable bonds is 6. The topological polar surface area (TPSA) is 142 Å². The summed E-state index contributed by atoms with van der Waals surface area (Å²) in [6, 6.07) is 3.58. The number of hydrogen-bond acceptors (Lipinski definition) is 8. The van der Waals surface area contributed by atoms with Crippen molar-refractivity contribution in [3.05, 3.63) is 45.5 Å². The average Bonchev–Trinajstić information content (AvgIpc) is 3.56. The van der Waals surface area contributed by atoms with Crippen LogP contribution >= 0.6 is 22.9 Å². The number of likely N-dealkylation sites (tertiary alicyclic amines) is 1. The maximum atomic E-state index is 14.0. The Kier molecular flexibility index (Phi) is 6.42. The van der Waals surface area contributed by atoms with E-state index in [1.807, 2.05) is 0 Å². The minimum Gasteiger partial charge on any atom is -0.333 e. The number of nitrogens with one attached hydrogen (secondary N) is 2. The van der Waals surface area contributed by atoms with Crippen LogP contribution in [-0.4, -0.2) is 51.6 Å². The number of thiophene rings is 1. The van der Waals surface area contributed by atoms with Crippen LogP contribution in [0.5, 0.6) is 0 Å². The molecule has 39 heavy (non-hydrogen) atoms. The molecule has 2 aromatic rings. The molecule has 6 rings (SSSR count). The SMILES string of the molecule is CS(=O)(=O)NCc1csc2c1S(=O)(=O)N=C(C1C(=O)C3C4CCC(C4)C3N(Cc3ccc(F)cc3Cl)C1=O)N2. The van der Waals surface area contributed by atoms with E-state index in [0.29, 0.717) is 5.56 Å². The zero-order chi connectivity index (χ0) is 27.9. The number of fused-ring (bicyclic) bond motifs is 6. The first-order valence-corrected chi connectivity index (χ1v) is 16.9. The van der Waals surface area contributed by atoms with Gasteiger partial charge in [-0.15, -0.1) is 15.7 Å². The predicted molar refractivity (Wildman–Crippen MR) is 143 cm³/mol. The van der Waals surface area contributed by atoms with Gasteiger partial charge in [0.1, 0.15) is 21.5 Å². The molecule has 208 valence electrons. The van der Waals surface area contributed by atoms with Gasteiger partial charge in [0, 0.05) is 35.6 Å². The number of carbonyl (C=O) groups is 2. The number of Topliss-reactive ketones (excluding diaryl/α,β-unsaturated/α-hetero) is 1. The predicted octanol–water partition coefficient (Wildman–Crippen LogP) is 2.74. The van der Waals surface area contributed by atoms with Crippen LogP contribution in [0.4, 0.5) is 9.39 Å². The molecule has 1 aromatic heterocycles. The maximum Gasteiger partial charge on any atom is 0.287 e. The maximum absolute atomic E-state index is 14.0. The smallest absolute Gasteiger partial charge is 0.287 e. The lowest BCUT2D eigenvalue weighted by atomic mass is 9.73. The number of anilines is 1. The van der Waals surface area contributed by atoms with E-state index in [1.165, 1.54) is 23.6 Å². The summed E-state index contributed by atoms with van der Waals surface area (Å²) in [6.07, 6.45) is 3.51. The van der Waals surface area contributed by atoms with E-state index >= 15 is 0 Å². The molecule has 0 spiro atoms. The number of amides is 1. The van der Waals surface area contributed by atoms with E-state index in [9.17, 15) is 30.8 Å². The van der Waals surface area contributed by atoms with Gasteiger partial charge in [-0.05, 0) is 54.2 Å². The van der Waals surface area contributed by atoms with E-state index < -0.39 is 43.6 Å². The normalized spacial score (nSPS) is 29.2. The fourth-order valence-electron chi connectivity index (χ4n) is 6.53. The molecule has 2 saturated carbocycles. The van der Waals surface area contributed by atoms with Crippen LogP contribution in [0.25, 0.3) is 0 Å². The molecule has 5 unspecified atom stereocenters. The second-order valence-corrected chi connectivity index (χ2v) is 15.1. The molecule has 1 saturated heterocycles. The van der Waals surface area contributed by atoms with Crippen molar-refractivity contribution in [2.75, 3.05) is 11.6 Å². The number of carbonyl (C=O) groups excluding carboxylic acids is 2. The van der Waals surface area contributed by atoms with Crippen molar-refractivity contribution in [2.45, 2.75) is 43.3 Å². The van der Waals surface area contributed by atoms with Crippen molar-refractivity contribution in [3.63, 3.8) is 0 Å². The molecule has 1 amide bonds. The third-order valence-corrected chi connectivity index (χ3v) is 11.6. The summed E-state index contributed by atoms with van der Waals surface area (Å²) in [5.74, 6) is -3.38. The van der Waals surface area contributed by atoms with Crippen LogP contribution in [0.1, 0.15) is 30.4 Å². The van der Waals surface area contributed by atoms with Crippen LogP contribution in [0.2, 0.25) is 5.02 Å². The van der Waals surface area contributed by atoms with Gasteiger partial charge in [0.25, 0.3) is 10.0 Å². The highest BCUT2D eigenvalue weighted by molar-refractivity contribution is 7.91. The van der Waals surface area contributed by atoms with Crippen molar-refractivity contribution in [1.29, 1.82) is 0 Å². The monoisotopic (exact) mass is 614 g/mol. The largest absolute Gasteiger partial charge is 0.333 e. The molecule has 1 aromatic carbocycles. The van der Waals surface area contributed by atoms with Gasteiger partial charge in [0.15, 0.2) is 11.7 Å². The Morgan fingerprint density at radius 3 is 2.69 bits per heavy atom. The molecule has 2 aliphatic carbocycles. The summed E-state index contributed by atoms with van der Waals surface area (Å²) in [6.45, 7) is -0.200. The number of nitrogens with zero attached hydrogens (tertiary/aromatic N) is 2. The molecule has 2 bridgehead atoms. The van der Waals surface area contributed by atoms with Gasteiger partial charge in [0.2, 0.25) is 15.9 Å². The second-order valence-electron chi connectivity index (χ2n) is 10.5. The number of hydrogen-bond donors (Lipinski definition) is 2. The fraction of sp³-hybridized carbons (Fsp3) is 0.458. The first-order chi connectivity index (χ1) is 18.3. The van der Waals surface area contributed by atoms with Gasteiger partial charge in [-0.3, -0.25) is 9.59 Å². The summed E-state index contributed by atoms with van der Waals surface area (Å²) in [4.78, 5) is 29.2. The number of benzene rings is 1. The van der Waals surface area contributed by atoms with Crippen molar-refractivity contribution in [3.8, 4) is 0 Å². The first kappa shape index (κ1) is 26.8. The lowest BCUT2D eigenvalue weighted by molar-refractivity contribution is -0.153. The van der Waals surface area contributed by atoms with Crippen molar-refractivity contribution in [1.82, 2.24) is 9.62 Å². The first-order valence-electron chi connectivity index (χ1n) is 12.3. The van der Waals surface area contributed by atoms with Crippen molar-refractivity contribution < 1.29 is 30.8 Å². The van der Waals surface area contributed by atoms with Gasteiger partial charge in [-0.1, -0.05) is 17.7 Å². The Hall–Kier alpha value is -2.39. The van der Waals surface area contributed by atoms with E-state index in [0.717, 1.165) is 36.9 Å². The van der Waals surface area contributed by atoms with Gasteiger partial charge >= 0.3 is 0 Å². The highest BCUT2D eigenvalue weighted by Gasteiger charge is 2.61. The quantitative estimate of drug-likeness (QED) is 0.477. The third-order valence-electron chi connectivity index (χ3n) is 8.06. The average molecular weight is 615 g/mol. The lowest BCUT2D eigenvalue weighted by Crippen LogP contribution is -2.61. The molecule has 2 aliphatic heterocycles. The van der Waals surface area contributed by atoms with Crippen molar-refractivity contribution >= 4 is 65.5 Å². The van der Waals surface area contributed by atoms with Crippen molar-refractivity contribution in [2.24, 2.45) is 28.1 Å². The van der Waals surface area contributed by atoms with Crippen LogP contribution in [-0.2, 0) is 42.7 Å². The minimum absolute atomic E-state index is 0.0533. The van der Waals surface area contributed by atoms with Crippen LogP contribution in [0.3, 0.4) is 0 Å². The van der Waals surface area contributed by atoms with E-state index in [4.69, 9.17) is 11.6 Å². The van der Waals surface area contributed by atoms with Gasteiger partial charge < -0.3 is 10.2 Å². The zero-order valence-corrected chi connectivity index (χ0v) is 23.8. The second kappa shape index (κ2) is 9.33. The molecule has 3 fully saturated rings. The molecular formula is C24H24ClFN4O6S3. The Bertz CT molecular complexity index is 1660. The number of amidine groups is 1. The lowest BCUT2D eigenvalue weighted by Gasteiger charge is -2.45. The van der Waals surface area contributed by atoms with E-state index in [1.54, 1.807) is 4.90 Å². The summed E-state index contributed by atoms with van der Waals surface area (Å²) in [7, 11) is -7.93. The molecular weight excluding hydrogens is 591 g/mol. The van der Waals surface area contributed by atoms with E-state index in [-0.39, 0.29) is 63.1 Å². The molecule has 5 atom stereocenters. The van der Waals surface area contributed by atoms with E-state index in [2.05, 4.69) is 14.4 Å². The summed E-state index contributed by atoms with van der Waals surface area (Å²) in [5.41, 5.74) is 0.730. The summed E-state index contributed by atoms with van der Waals surface area (Å²) >= 11 is 7.30. The molecule has 3 heterocycles. The van der Waals surface area contributed by atoms with Gasteiger partial charge in [0.05, 0.1) is 6.26 Å². The van der Waals surface area contributed by atoms with Crippen LogP contribution in [0, 0.1) is 29.5 Å². The molecule has 15 heteroatoms. The summed E-state index contributed by atoms with van der Waals surface area (Å²) < 4.78 is 69.4. The zero-order valence-electron chi connectivity index (χ0n) is 20.6. The standard InChI is InChI=1S/C24H24ClFN4O6S3/c1-38(33,34)27-8-14-10-37-23-21(14)39(35,36)29-22(28-23)18-20(31)17-11-2-3-12(6-11)19(17)30(24(18)32)9-13-4-5-15(26)7-16(13)25/h4-5,7,10-12,17-19,27H,2-3,6,8-9H2,1H3,(H,28,29). The third kappa shape index (κ3) is 4.59. The van der Waals surface area contributed by atoms with Crippen LogP contribution in [0.15, 0.2) is 32.9 Å². The molecule has 4 aliphatic rings. The number of ketones is 1. The van der Waals surface area contributed by atoms with Gasteiger partial charge in [-0.25, -0.2) is 17.5 Å². The molecule has 10 nitrogen and oxygen atoms in total. The highest BCUT2D eigenvalue weighted by atomic mass is 35.5. The number of halogens is 2. The highest BCUT2D eigenvalue weighted by Crippen LogP contribution is 2.54. The Morgan fingerprint density at radius 2 is 1.97 bits per heavy atom. The Morgan fingerprint density at radius 1 is 1.23 bits per heavy atom. The number of piperidine rings is 1. The molecule has 2 N–H and O–H groups in total. The Balaban J connectivity index is 1.37. The van der Waals surface area contributed by atoms with Crippen LogP contribution < -0.4 is 10.0 Å². The van der Waals surface area contributed by atoms with Gasteiger partial charge in [-0.2, -0.15) is 8.42 Å². The molecule has 0 radical (unpaired) electrons. The number of sulfonamides is 2. The summed E-state index contributed by atoms with van der Waals surface area (Å²) in [5, 5.41) is 4.71. The minimum atomic E-state index is -4.35. The Labute approximate surface area is 233 Å².